The number of esters is 1. The topological polar surface area (TPSA) is 60.4 Å². The highest BCUT2D eigenvalue weighted by atomic mass is 16.5. The molecule has 3 heterocycles. The number of carbonyl (C=O) groups is 1. The summed E-state index contributed by atoms with van der Waals surface area (Å²) in [4.78, 5) is 20.5. The van der Waals surface area contributed by atoms with E-state index in [1.165, 1.54) is 11.1 Å². The van der Waals surface area contributed by atoms with Crippen molar-refractivity contribution in [2.45, 2.75) is 63.6 Å². The van der Waals surface area contributed by atoms with Gasteiger partial charge in [0.05, 0.1) is 19.8 Å². The number of benzene rings is 1. The Balaban J connectivity index is 1.45. The van der Waals surface area contributed by atoms with Gasteiger partial charge in [-0.3, -0.25) is 4.99 Å². The van der Waals surface area contributed by atoms with E-state index in [0.717, 1.165) is 37.3 Å². The van der Waals surface area contributed by atoms with Gasteiger partial charge in [-0.1, -0.05) is 26.8 Å². The Bertz CT molecular complexity index is 1000. The number of piperidine rings is 1. The van der Waals surface area contributed by atoms with Crippen molar-refractivity contribution in [2.24, 2.45) is 28.7 Å². The molecule has 0 N–H and O–H groups in total. The van der Waals surface area contributed by atoms with E-state index in [0.29, 0.717) is 36.1 Å². The van der Waals surface area contributed by atoms with Crippen molar-refractivity contribution < 1.29 is 19.0 Å². The number of hydrogen-bond acceptors (Lipinski definition) is 6. The predicted octanol–water partition coefficient (Wildman–Crippen LogP) is 3.25. The van der Waals surface area contributed by atoms with Crippen LogP contribution >= 0.6 is 0 Å². The molecule has 0 amide bonds. The van der Waals surface area contributed by atoms with Crippen molar-refractivity contribution >= 4 is 11.7 Å². The maximum absolute atomic E-state index is 12.9. The molecule has 0 radical (unpaired) electrons. The first kappa shape index (κ1) is 20.5. The Labute approximate surface area is 190 Å². The largest absolute Gasteiger partial charge is 0.493 e. The normalized spacial score (nSPS) is 38.6. The Morgan fingerprint density at radius 2 is 2.19 bits per heavy atom. The Hall–Kier alpha value is -2.08. The van der Waals surface area contributed by atoms with E-state index in [1.54, 1.807) is 7.11 Å². The van der Waals surface area contributed by atoms with E-state index >= 15 is 0 Å². The molecule has 0 aromatic heterocycles. The van der Waals surface area contributed by atoms with Crippen LogP contribution in [-0.2, 0) is 21.4 Å². The van der Waals surface area contributed by atoms with E-state index in [9.17, 15) is 4.79 Å². The first-order valence-electron chi connectivity index (χ1n) is 12.2. The van der Waals surface area contributed by atoms with Crippen LogP contribution in [0.5, 0.6) is 11.5 Å². The number of nitrogens with zero attached hydrogens (tertiary/aromatic N) is 2. The third kappa shape index (κ3) is 2.50. The zero-order valence-electron chi connectivity index (χ0n) is 19.8. The molecule has 1 aromatic carbocycles. The summed E-state index contributed by atoms with van der Waals surface area (Å²) in [5.74, 6) is 2.75. The lowest BCUT2D eigenvalue weighted by molar-refractivity contribution is -0.136. The number of carbonyl (C=O) groups excluding carboxylic acids is 1. The lowest BCUT2D eigenvalue weighted by Crippen LogP contribution is -2.67. The smallest absolute Gasteiger partial charge is 0.352 e. The maximum Gasteiger partial charge on any atom is 0.352 e. The molecule has 172 valence electrons. The van der Waals surface area contributed by atoms with Gasteiger partial charge in [-0.05, 0) is 62.2 Å². The van der Waals surface area contributed by atoms with Crippen LogP contribution in [0.2, 0.25) is 0 Å². The first-order valence-corrected chi connectivity index (χ1v) is 12.2. The third-order valence-electron chi connectivity index (χ3n) is 9.04. The van der Waals surface area contributed by atoms with Gasteiger partial charge in [0.15, 0.2) is 11.5 Å². The summed E-state index contributed by atoms with van der Waals surface area (Å²) in [5, 5.41) is 0. The summed E-state index contributed by atoms with van der Waals surface area (Å²) in [6.07, 6.45) is 3.18. The van der Waals surface area contributed by atoms with Gasteiger partial charge < -0.3 is 19.1 Å². The number of likely N-dealkylation sites (tertiary alicyclic amines) is 1. The molecule has 6 heteroatoms. The van der Waals surface area contributed by atoms with Gasteiger partial charge in [0, 0.05) is 22.9 Å². The van der Waals surface area contributed by atoms with Crippen LogP contribution < -0.4 is 9.47 Å². The number of likely N-dealkylation sites (N-methyl/N-ethyl adjacent to an activating group) is 1. The molecule has 32 heavy (non-hydrogen) atoms. The SMILES string of the molecule is COc1ccc2c3c1OC1C4N=C(C(=O)OCC(C)C)C(C)C4CC4C(C2)N(C)CCC341. The number of fused-ring (bicyclic) bond motifs is 2. The second-order valence-corrected chi connectivity index (χ2v) is 11.0. The highest BCUT2D eigenvalue weighted by Crippen LogP contribution is 2.66. The molecule has 1 saturated carbocycles. The Kier molecular flexibility index (Phi) is 4.46. The van der Waals surface area contributed by atoms with Crippen LogP contribution in [0, 0.1) is 23.7 Å². The van der Waals surface area contributed by atoms with Crippen molar-refractivity contribution in [1.82, 2.24) is 4.90 Å². The van der Waals surface area contributed by atoms with Crippen molar-refractivity contribution in [2.75, 3.05) is 27.3 Å². The van der Waals surface area contributed by atoms with Gasteiger partial charge >= 0.3 is 5.97 Å². The number of ether oxygens (including phenoxy) is 3. The van der Waals surface area contributed by atoms with E-state index in [4.69, 9.17) is 19.2 Å². The lowest BCUT2D eigenvalue weighted by Gasteiger charge is -2.59. The van der Waals surface area contributed by atoms with Crippen LogP contribution in [0.25, 0.3) is 0 Å². The summed E-state index contributed by atoms with van der Waals surface area (Å²) in [6, 6.07) is 4.81. The zero-order chi connectivity index (χ0) is 22.4. The highest BCUT2D eigenvalue weighted by molar-refractivity contribution is 6.37. The van der Waals surface area contributed by atoms with E-state index < -0.39 is 0 Å². The second kappa shape index (κ2) is 6.96. The molecule has 3 aliphatic heterocycles. The quantitative estimate of drug-likeness (QED) is 0.676. The molecule has 6 nitrogen and oxygen atoms in total. The molecule has 2 bridgehead atoms. The van der Waals surface area contributed by atoms with Crippen LogP contribution in [0.15, 0.2) is 17.1 Å². The van der Waals surface area contributed by atoms with Crippen LogP contribution in [0.4, 0.5) is 0 Å². The average Bonchev–Trinajstić information content (AvgIpc) is 3.29. The van der Waals surface area contributed by atoms with Crippen LogP contribution in [0.3, 0.4) is 0 Å². The fourth-order valence-electron chi connectivity index (χ4n) is 7.59. The number of hydrogen-bond donors (Lipinski definition) is 0. The van der Waals surface area contributed by atoms with E-state index in [-0.39, 0.29) is 29.4 Å². The monoisotopic (exact) mass is 438 g/mol. The average molecular weight is 439 g/mol. The van der Waals surface area contributed by atoms with Gasteiger partial charge in [-0.2, -0.15) is 0 Å². The van der Waals surface area contributed by atoms with Crippen molar-refractivity contribution in [3.8, 4) is 11.5 Å². The van der Waals surface area contributed by atoms with E-state index in [2.05, 4.69) is 44.9 Å². The van der Waals surface area contributed by atoms with E-state index in [1.807, 2.05) is 0 Å². The standard InChI is InChI=1S/C26H34N2O4/c1-13(2)12-31-25(29)21-14(3)16-11-17-18-10-15-6-7-19(30-5)23-20(15)26(17,8-9-28(18)4)24(32-23)22(16)27-21/h6-7,13-14,16-18,22,24H,8-12H2,1-5H3. The minimum absolute atomic E-state index is 0.00466. The Morgan fingerprint density at radius 3 is 2.94 bits per heavy atom. The maximum atomic E-state index is 12.9. The van der Waals surface area contributed by atoms with Crippen molar-refractivity contribution in [3.63, 3.8) is 0 Å². The van der Waals surface area contributed by atoms with Gasteiger partial charge in [-0.15, -0.1) is 0 Å². The molecular formula is C26H34N2O4. The molecule has 2 aliphatic carbocycles. The summed E-state index contributed by atoms with van der Waals surface area (Å²) in [7, 11) is 3.99. The minimum atomic E-state index is -0.241. The van der Waals surface area contributed by atoms with Gasteiger partial charge in [-0.25, -0.2) is 4.79 Å². The minimum Gasteiger partial charge on any atom is -0.493 e. The van der Waals surface area contributed by atoms with Crippen molar-refractivity contribution in [1.29, 1.82) is 0 Å². The number of rotatable bonds is 4. The fourth-order valence-corrected chi connectivity index (χ4v) is 7.59. The molecule has 5 aliphatic rings. The van der Waals surface area contributed by atoms with Crippen LogP contribution in [0.1, 0.15) is 44.7 Å². The molecule has 2 fully saturated rings. The predicted molar refractivity (Wildman–Crippen MR) is 122 cm³/mol. The molecule has 1 spiro atoms. The first-order chi connectivity index (χ1) is 15.4. The third-order valence-corrected chi connectivity index (χ3v) is 9.04. The second-order valence-electron chi connectivity index (χ2n) is 11.0. The molecule has 6 rings (SSSR count). The van der Waals surface area contributed by atoms with Gasteiger partial charge in [0.2, 0.25) is 0 Å². The highest BCUT2D eigenvalue weighted by Gasteiger charge is 2.69. The molecule has 7 atom stereocenters. The molecule has 1 saturated heterocycles. The fraction of sp³-hybridized carbons (Fsp3) is 0.692. The molecule has 1 aromatic rings. The zero-order valence-corrected chi connectivity index (χ0v) is 19.8. The Morgan fingerprint density at radius 1 is 1.38 bits per heavy atom. The van der Waals surface area contributed by atoms with Gasteiger partial charge in [0.1, 0.15) is 11.8 Å². The number of aliphatic imine (C=N–C) groups is 1. The molecular weight excluding hydrogens is 404 g/mol. The summed E-state index contributed by atoms with van der Waals surface area (Å²) in [5.41, 5.74) is 3.37. The summed E-state index contributed by atoms with van der Waals surface area (Å²) in [6.45, 7) is 7.78. The van der Waals surface area contributed by atoms with Gasteiger partial charge in [0.25, 0.3) is 0 Å². The summed E-state index contributed by atoms with van der Waals surface area (Å²) >= 11 is 0. The molecule has 7 unspecified atom stereocenters. The van der Waals surface area contributed by atoms with Crippen molar-refractivity contribution in [3.05, 3.63) is 23.3 Å². The van der Waals surface area contributed by atoms with Crippen LogP contribution in [-0.4, -0.2) is 62.1 Å². The number of methoxy groups -OCH3 is 1. The summed E-state index contributed by atoms with van der Waals surface area (Å²) < 4.78 is 18.2. The lowest BCUT2D eigenvalue weighted by atomic mass is 9.49.